The smallest absolute Gasteiger partial charge is 0.258 e. The quantitative estimate of drug-likeness (QED) is 0.536. The highest BCUT2D eigenvalue weighted by Gasteiger charge is 2.08. The summed E-state index contributed by atoms with van der Waals surface area (Å²) in [6.07, 6.45) is 0. The number of non-ortho nitro benzene ring substituents is 1. The van der Waals surface area contributed by atoms with E-state index in [9.17, 15) is 14.5 Å². The summed E-state index contributed by atoms with van der Waals surface area (Å²) >= 11 is 0. The molecule has 0 bridgehead atoms. The van der Waals surface area contributed by atoms with E-state index in [0.717, 1.165) is 0 Å². The summed E-state index contributed by atoms with van der Waals surface area (Å²) in [4.78, 5) is 9.87. The van der Waals surface area contributed by atoms with Crippen molar-refractivity contribution in [1.29, 1.82) is 0 Å². The van der Waals surface area contributed by atoms with Crippen LogP contribution < -0.4 is 0 Å². The van der Waals surface area contributed by atoms with Gasteiger partial charge in [0.15, 0.2) is 0 Å². The van der Waals surface area contributed by atoms with Gasteiger partial charge in [-0.2, -0.15) is 0 Å². The van der Waals surface area contributed by atoms with Crippen LogP contribution in [0.3, 0.4) is 0 Å². The van der Waals surface area contributed by atoms with Gasteiger partial charge in [0.05, 0.1) is 4.92 Å². The van der Waals surface area contributed by atoms with Crippen molar-refractivity contribution in [2.75, 3.05) is 0 Å². The molecule has 0 aliphatic heterocycles. The molecule has 14 heavy (non-hydrogen) atoms. The van der Waals surface area contributed by atoms with Gasteiger partial charge in [-0.05, 0) is 19.4 Å². The van der Waals surface area contributed by atoms with E-state index in [0.29, 0.717) is 5.57 Å². The standard InChI is InChI=1S/C10H10FNO2/c1-7(2)10(11)8-4-3-5-9(6-8)12(13)14/h3-6H,1-2H3. The van der Waals surface area contributed by atoms with Gasteiger partial charge in [0, 0.05) is 17.7 Å². The molecule has 0 aromatic heterocycles. The Kier molecular flexibility index (Phi) is 2.96. The topological polar surface area (TPSA) is 43.1 Å². The van der Waals surface area contributed by atoms with Crippen LogP contribution in [0, 0.1) is 10.1 Å². The van der Waals surface area contributed by atoms with E-state index in [1.54, 1.807) is 13.8 Å². The normalized spacial score (nSPS) is 9.64. The van der Waals surface area contributed by atoms with Crippen molar-refractivity contribution in [3.8, 4) is 0 Å². The molecule has 0 saturated carbocycles. The van der Waals surface area contributed by atoms with Crippen LogP contribution in [0.4, 0.5) is 10.1 Å². The first-order valence-electron chi connectivity index (χ1n) is 4.10. The molecular formula is C10H10FNO2. The second-order valence-electron chi connectivity index (χ2n) is 3.12. The van der Waals surface area contributed by atoms with E-state index in [1.165, 1.54) is 24.3 Å². The minimum absolute atomic E-state index is 0.0982. The first-order valence-corrected chi connectivity index (χ1v) is 4.10. The minimum atomic E-state index is -0.540. The third kappa shape index (κ3) is 2.16. The Hall–Kier alpha value is -1.71. The van der Waals surface area contributed by atoms with Crippen LogP contribution in [0.5, 0.6) is 0 Å². The molecule has 0 atom stereocenters. The molecule has 1 aromatic carbocycles. The Labute approximate surface area is 81.0 Å². The molecule has 0 radical (unpaired) electrons. The monoisotopic (exact) mass is 195 g/mol. The van der Waals surface area contributed by atoms with Crippen LogP contribution >= 0.6 is 0 Å². The van der Waals surface area contributed by atoms with Crippen LogP contribution in [0.2, 0.25) is 0 Å². The number of nitro benzene ring substituents is 1. The molecule has 0 unspecified atom stereocenters. The Bertz CT molecular complexity index is 395. The van der Waals surface area contributed by atoms with Crippen molar-refractivity contribution in [3.63, 3.8) is 0 Å². The van der Waals surface area contributed by atoms with Crippen LogP contribution in [0.25, 0.3) is 5.83 Å². The number of hydrogen-bond acceptors (Lipinski definition) is 2. The van der Waals surface area contributed by atoms with E-state index < -0.39 is 10.8 Å². The summed E-state index contributed by atoms with van der Waals surface area (Å²) < 4.78 is 13.4. The van der Waals surface area contributed by atoms with Gasteiger partial charge in [-0.1, -0.05) is 12.1 Å². The highest BCUT2D eigenvalue weighted by atomic mass is 19.1. The number of allylic oxidation sites excluding steroid dienone is 1. The molecule has 1 aromatic rings. The van der Waals surface area contributed by atoms with Gasteiger partial charge in [-0.25, -0.2) is 4.39 Å². The summed E-state index contributed by atoms with van der Waals surface area (Å²) in [6, 6.07) is 5.54. The zero-order chi connectivity index (χ0) is 10.7. The highest BCUT2D eigenvalue weighted by molar-refractivity contribution is 5.63. The zero-order valence-electron chi connectivity index (χ0n) is 7.95. The molecule has 0 amide bonds. The second-order valence-corrected chi connectivity index (χ2v) is 3.12. The highest BCUT2D eigenvalue weighted by Crippen LogP contribution is 2.23. The lowest BCUT2D eigenvalue weighted by Gasteiger charge is -1.99. The second kappa shape index (κ2) is 4.00. The molecule has 0 fully saturated rings. The Morgan fingerprint density at radius 2 is 2.07 bits per heavy atom. The van der Waals surface area contributed by atoms with Gasteiger partial charge in [0.1, 0.15) is 5.83 Å². The van der Waals surface area contributed by atoms with Crippen molar-refractivity contribution in [2.45, 2.75) is 13.8 Å². The number of nitrogens with zero attached hydrogens (tertiary/aromatic N) is 1. The van der Waals surface area contributed by atoms with Gasteiger partial charge in [0.25, 0.3) is 5.69 Å². The maximum absolute atomic E-state index is 13.4. The number of nitro groups is 1. The molecule has 0 aliphatic rings. The average Bonchev–Trinajstić information content (AvgIpc) is 2.16. The third-order valence-corrected chi connectivity index (χ3v) is 1.75. The van der Waals surface area contributed by atoms with Crippen molar-refractivity contribution >= 4 is 11.5 Å². The zero-order valence-corrected chi connectivity index (χ0v) is 7.95. The Morgan fingerprint density at radius 3 is 2.57 bits per heavy atom. The molecule has 3 nitrogen and oxygen atoms in total. The lowest BCUT2D eigenvalue weighted by molar-refractivity contribution is -0.384. The van der Waals surface area contributed by atoms with Crippen LogP contribution in [-0.2, 0) is 0 Å². The summed E-state index contributed by atoms with van der Waals surface area (Å²) in [5, 5.41) is 10.4. The lowest BCUT2D eigenvalue weighted by atomic mass is 10.1. The third-order valence-electron chi connectivity index (χ3n) is 1.75. The molecule has 0 N–H and O–H groups in total. The molecule has 0 heterocycles. The van der Waals surface area contributed by atoms with Gasteiger partial charge < -0.3 is 0 Å². The number of benzene rings is 1. The van der Waals surface area contributed by atoms with E-state index >= 15 is 0 Å². The summed E-state index contributed by atoms with van der Waals surface area (Å²) in [5.74, 6) is -0.409. The van der Waals surface area contributed by atoms with Gasteiger partial charge in [-0.15, -0.1) is 0 Å². The summed E-state index contributed by atoms with van der Waals surface area (Å²) in [6.45, 7) is 3.24. The molecule has 4 heteroatoms. The summed E-state index contributed by atoms with van der Waals surface area (Å²) in [7, 11) is 0. The molecule has 1 rings (SSSR count). The molecular weight excluding hydrogens is 185 g/mol. The number of hydrogen-bond donors (Lipinski definition) is 0. The van der Waals surface area contributed by atoms with E-state index in [-0.39, 0.29) is 11.3 Å². The summed E-state index contributed by atoms with van der Waals surface area (Å²) in [5.41, 5.74) is 0.656. The predicted molar refractivity (Wildman–Crippen MR) is 52.5 cm³/mol. The van der Waals surface area contributed by atoms with Gasteiger partial charge in [-0.3, -0.25) is 10.1 Å². The van der Waals surface area contributed by atoms with Crippen molar-refractivity contribution in [3.05, 3.63) is 45.5 Å². The lowest BCUT2D eigenvalue weighted by Crippen LogP contribution is -1.89. The fraction of sp³-hybridized carbons (Fsp3) is 0.200. The van der Waals surface area contributed by atoms with E-state index in [2.05, 4.69) is 0 Å². The first-order chi connectivity index (χ1) is 6.52. The Morgan fingerprint density at radius 1 is 1.43 bits per heavy atom. The fourth-order valence-electron chi connectivity index (χ4n) is 1.04. The number of halogens is 1. The number of rotatable bonds is 2. The fourth-order valence-corrected chi connectivity index (χ4v) is 1.04. The van der Waals surface area contributed by atoms with Gasteiger partial charge >= 0.3 is 0 Å². The maximum Gasteiger partial charge on any atom is 0.270 e. The van der Waals surface area contributed by atoms with E-state index in [4.69, 9.17) is 0 Å². The predicted octanol–water partition coefficient (Wildman–Crippen LogP) is 3.32. The SMILES string of the molecule is CC(C)=C(F)c1cccc([N+](=O)[O-])c1. The maximum atomic E-state index is 13.4. The first kappa shape index (κ1) is 10.4. The Balaban J connectivity index is 3.19. The molecule has 0 aliphatic carbocycles. The van der Waals surface area contributed by atoms with E-state index in [1.807, 2.05) is 0 Å². The molecule has 0 spiro atoms. The van der Waals surface area contributed by atoms with Crippen LogP contribution in [-0.4, -0.2) is 4.92 Å². The largest absolute Gasteiger partial charge is 0.270 e. The van der Waals surface area contributed by atoms with Crippen molar-refractivity contribution in [1.82, 2.24) is 0 Å². The van der Waals surface area contributed by atoms with Gasteiger partial charge in [0.2, 0.25) is 0 Å². The average molecular weight is 195 g/mol. The van der Waals surface area contributed by atoms with Crippen LogP contribution in [0.15, 0.2) is 29.8 Å². The van der Waals surface area contributed by atoms with Crippen molar-refractivity contribution < 1.29 is 9.31 Å². The van der Waals surface area contributed by atoms with Crippen LogP contribution in [0.1, 0.15) is 19.4 Å². The van der Waals surface area contributed by atoms with Crippen molar-refractivity contribution in [2.24, 2.45) is 0 Å². The molecule has 74 valence electrons. The minimum Gasteiger partial charge on any atom is -0.258 e. The molecule has 0 saturated heterocycles.